The molecule has 0 fully saturated rings. The van der Waals surface area contributed by atoms with Gasteiger partial charge < -0.3 is 9.47 Å². The molecule has 0 aromatic heterocycles. The van der Waals surface area contributed by atoms with Crippen molar-refractivity contribution in [3.8, 4) is 0 Å². The lowest BCUT2D eigenvalue weighted by Crippen LogP contribution is -2.39. The summed E-state index contributed by atoms with van der Waals surface area (Å²) in [5.74, 6) is 5.43. The first-order valence-corrected chi connectivity index (χ1v) is 6.30. The molecule has 4 nitrogen and oxygen atoms in total. The molecule has 0 radical (unpaired) electrons. The van der Waals surface area contributed by atoms with Gasteiger partial charge in [0.25, 0.3) is 0 Å². The van der Waals surface area contributed by atoms with Crippen molar-refractivity contribution in [1.82, 2.24) is 5.43 Å². The van der Waals surface area contributed by atoms with Crippen molar-refractivity contribution in [2.24, 2.45) is 5.84 Å². The highest BCUT2D eigenvalue weighted by molar-refractivity contribution is 5.28. The quantitative estimate of drug-likeness (QED) is 0.461. The Morgan fingerprint density at radius 1 is 1.20 bits per heavy atom. The average molecular weight is 292 g/mol. The van der Waals surface area contributed by atoms with E-state index < -0.39 is 24.1 Å². The predicted octanol–water partition coefficient (Wildman–Crippen LogP) is 2.61. The number of benzene rings is 1. The minimum absolute atomic E-state index is 0.356. The molecule has 1 unspecified atom stereocenters. The fourth-order valence-corrected chi connectivity index (χ4v) is 1.81. The maximum atomic E-state index is 12.7. The standard InChI is InChI=1S/C13H19F3N2O2/c1-3-19-12(20-4-2)11(18-17)9-6-5-7-10(8-9)13(14,15)16/h5-8,11-12,18H,3-4,17H2,1-2H3. The third kappa shape index (κ3) is 4.45. The first kappa shape index (κ1) is 16.9. The summed E-state index contributed by atoms with van der Waals surface area (Å²) in [6, 6.07) is 4.24. The van der Waals surface area contributed by atoms with E-state index in [0.717, 1.165) is 12.1 Å². The lowest BCUT2D eigenvalue weighted by molar-refractivity contribution is -0.155. The van der Waals surface area contributed by atoms with Gasteiger partial charge in [-0.15, -0.1) is 0 Å². The summed E-state index contributed by atoms with van der Waals surface area (Å²) >= 11 is 0. The van der Waals surface area contributed by atoms with Crippen molar-refractivity contribution in [3.05, 3.63) is 35.4 Å². The Balaban J connectivity index is 3.04. The number of nitrogens with two attached hydrogens (primary N) is 1. The molecule has 20 heavy (non-hydrogen) atoms. The fraction of sp³-hybridized carbons (Fsp3) is 0.538. The van der Waals surface area contributed by atoms with E-state index in [9.17, 15) is 13.2 Å². The van der Waals surface area contributed by atoms with Crippen molar-refractivity contribution in [2.75, 3.05) is 13.2 Å². The largest absolute Gasteiger partial charge is 0.416 e. The Kier molecular flexibility index (Phi) is 6.41. The molecule has 1 rings (SSSR count). The Morgan fingerprint density at radius 2 is 1.80 bits per heavy atom. The summed E-state index contributed by atoms with van der Waals surface area (Å²) in [6.07, 6.45) is -5.15. The van der Waals surface area contributed by atoms with Crippen LogP contribution in [0.5, 0.6) is 0 Å². The summed E-state index contributed by atoms with van der Waals surface area (Å²) in [7, 11) is 0. The van der Waals surface area contributed by atoms with Crippen LogP contribution >= 0.6 is 0 Å². The van der Waals surface area contributed by atoms with Crippen molar-refractivity contribution >= 4 is 0 Å². The second-order valence-corrected chi connectivity index (χ2v) is 4.05. The van der Waals surface area contributed by atoms with E-state index in [1.54, 1.807) is 19.9 Å². The smallest absolute Gasteiger partial charge is 0.351 e. The number of nitrogens with one attached hydrogen (secondary N) is 1. The zero-order chi connectivity index (χ0) is 15.2. The SMILES string of the molecule is CCOC(OCC)C(NN)c1cccc(C(F)(F)F)c1. The van der Waals surface area contributed by atoms with Crippen molar-refractivity contribution in [2.45, 2.75) is 32.4 Å². The van der Waals surface area contributed by atoms with E-state index in [-0.39, 0.29) is 0 Å². The first-order chi connectivity index (χ1) is 9.43. The van der Waals surface area contributed by atoms with E-state index in [4.69, 9.17) is 15.3 Å². The normalized spacial score (nSPS) is 13.8. The molecule has 0 aliphatic rings. The number of rotatable bonds is 7. The molecule has 0 saturated heterocycles. The number of halogens is 3. The van der Waals surface area contributed by atoms with Crippen LogP contribution in [0.2, 0.25) is 0 Å². The molecular weight excluding hydrogens is 273 g/mol. The molecule has 0 aliphatic carbocycles. The number of ether oxygens (including phenoxy) is 2. The first-order valence-electron chi connectivity index (χ1n) is 6.30. The van der Waals surface area contributed by atoms with Gasteiger partial charge in [0.05, 0.1) is 11.6 Å². The Hall–Kier alpha value is -1.15. The molecule has 0 amide bonds. The zero-order valence-corrected chi connectivity index (χ0v) is 11.4. The highest BCUT2D eigenvalue weighted by atomic mass is 19.4. The fourth-order valence-electron chi connectivity index (χ4n) is 1.81. The molecule has 1 atom stereocenters. The van der Waals surface area contributed by atoms with Gasteiger partial charge in [-0.25, -0.2) is 5.43 Å². The molecule has 0 bridgehead atoms. The third-order valence-corrected chi connectivity index (χ3v) is 2.69. The molecule has 7 heteroatoms. The van der Waals surface area contributed by atoms with Crippen molar-refractivity contribution < 1.29 is 22.6 Å². The van der Waals surface area contributed by atoms with Crippen LogP contribution in [-0.2, 0) is 15.7 Å². The summed E-state index contributed by atoms with van der Waals surface area (Å²) in [5.41, 5.74) is 2.07. The number of hydrazine groups is 1. The van der Waals surface area contributed by atoms with E-state index in [1.165, 1.54) is 6.07 Å². The van der Waals surface area contributed by atoms with Crippen LogP contribution in [0.1, 0.15) is 31.0 Å². The highest BCUT2D eigenvalue weighted by Gasteiger charge is 2.32. The topological polar surface area (TPSA) is 56.5 Å². The van der Waals surface area contributed by atoms with Crippen LogP contribution in [0, 0.1) is 0 Å². The van der Waals surface area contributed by atoms with Gasteiger partial charge in [0.1, 0.15) is 0 Å². The van der Waals surface area contributed by atoms with Gasteiger partial charge in [-0.3, -0.25) is 5.84 Å². The van der Waals surface area contributed by atoms with Gasteiger partial charge in [-0.1, -0.05) is 12.1 Å². The molecule has 0 aliphatic heterocycles. The van der Waals surface area contributed by atoms with Crippen molar-refractivity contribution in [1.29, 1.82) is 0 Å². The molecule has 0 saturated carbocycles. The molecule has 1 aromatic rings. The van der Waals surface area contributed by atoms with Gasteiger partial charge in [0.2, 0.25) is 0 Å². The third-order valence-electron chi connectivity index (χ3n) is 2.69. The number of alkyl halides is 3. The van der Waals surface area contributed by atoms with E-state index in [1.807, 2.05) is 0 Å². The summed E-state index contributed by atoms with van der Waals surface area (Å²) < 4.78 is 48.9. The molecule has 1 aromatic carbocycles. The molecule has 114 valence electrons. The number of hydrogen-bond acceptors (Lipinski definition) is 4. The number of hydrogen-bond donors (Lipinski definition) is 2. The monoisotopic (exact) mass is 292 g/mol. The van der Waals surface area contributed by atoms with Gasteiger partial charge in [-0.2, -0.15) is 13.2 Å². The Labute approximate surface area is 116 Å². The minimum Gasteiger partial charge on any atom is -0.351 e. The maximum Gasteiger partial charge on any atom is 0.416 e. The minimum atomic E-state index is -4.40. The average Bonchev–Trinajstić information content (AvgIpc) is 2.39. The summed E-state index contributed by atoms with van der Waals surface area (Å²) in [6.45, 7) is 4.26. The van der Waals surface area contributed by atoms with Crippen LogP contribution in [0.25, 0.3) is 0 Å². The molecule has 3 N–H and O–H groups in total. The molecule has 0 spiro atoms. The highest BCUT2D eigenvalue weighted by Crippen LogP contribution is 2.31. The second kappa shape index (κ2) is 7.58. The summed E-state index contributed by atoms with van der Waals surface area (Å²) in [5, 5.41) is 0. The van der Waals surface area contributed by atoms with E-state index in [2.05, 4.69) is 5.43 Å². The molecule has 0 heterocycles. The Bertz CT molecular complexity index is 407. The van der Waals surface area contributed by atoms with Crippen LogP contribution < -0.4 is 11.3 Å². The van der Waals surface area contributed by atoms with E-state index in [0.29, 0.717) is 18.8 Å². The predicted molar refractivity (Wildman–Crippen MR) is 68.5 cm³/mol. The lowest BCUT2D eigenvalue weighted by Gasteiger charge is -2.26. The van der Waals surface area contributed by atoms with Gasteiger partial charge in [-0.05, 0) is 31.5 Å². The van der Waals surface area contributed by atoms with Gasteiger partial charge in [0, 0.05) is 13.2 Å². The lowest BCUT2D eigenvalue weighted by atomic mass is 10.0. The van der Waals surface area contributed by atoms with Crippen molar-refractivity contribution in [3.63, 3.8) is 0 Å². The maximum absolute atomic E-state index is 12.7. The zero-order valence-electron chi connectivity index (χ0n) is 11.4. The molecular formula is C13H19F3N2O2. The second-order valence-electron chi connectivity index (χ2n) is 4.05. The van der Waals surface area contributed by atoms with E-state index >= 15 is 0 Å². The summed E-state index contributed by atoms with van der Waals surface area (Å²) in [4.78, 5) is 0. The Morgan fingerprint density at radius 3 is 2.25 bits per heavy atom. The van der Waals surface area contributed by atoms with Crippen LogP contribution in [0.3, 0.4) is 0 Å². The van der Waals surface area contributed by atoms with Gasteiger partial charge in [0.15, 0.2) is 6.29 Å². The van der Waals surface area contributed by atoms with Gasteiger partial charge >= 0.3 is 6.18 Å². The van der Waals surface area contributed by atoms with Crippen LogP contribution in [-0.4, -0.2) is 19.5 Å². The van der Waals surface area contributed by atoms with Crippen LogP contribution in [0.15, 0.2) is 24.3 Å². The van der Waals surface area contributed by atoms with Crippen LogP contribution in [0.4, 0.5) is 13.2 Å².